The lowest BCUT2D eigenvalue weighted by atomic mass is 10.2. The minimum atomic E-state index is -1.21. The van der Waals surface area contributed by atoms with Crippen LogP contribution in [0.5, 0.6) is 0 Å². The standard InChI is InChI=1S/C16H17N5O4S/c1-10-4-2-3-5-11(10)17-15(23)13-8-26-9-21(13)14(22)7-20-6-12(16(24)25)18-19-20/h2-6,13H,7-9H2,1H3,(H,17,23)(H,24,25). The molecule has 0 bridgehead atoms. The number of hydrogen-bond acceptors (Lipinski definition) is 6. The van der Waals surface area contributed by atoms with Gasteiger partial charge in [0.05, 0.1) is 12.1 Å². The van der Waals surface area contributed by atoms with Crippen LogP contribution >= 0.6 is 11.8 Å². The van der Waals surface area contributed by atoms with Gasteiger partial charge in [-0.25, -0.2) is 9.48 Å². The number of thioether (sulfide) groups is 1. The van der Waals surface area contributed by atoms with E-state index >= 15 is 0 Å². The average Bonchev–Trinajstić information content (AvgIpc) is 3.26. The monoisotopic (exact) mass is 375 g/mol. The molecule has 9 nitrogen and oxygen atoms in total. The van der Waals surface area contributed by atoms with Crippen LogP contribution in [-0.4, -0.2) is 60.5 Å². The molecule has 2 amide bonds. The van der Waals surface area contributed by atoms with Crippen molar-refractivity contribution in [2.75, 3.05) is 16.9 Å². The van der Waals surface area contributed by atoms with Crippen molar-refractivity contribution < 1.29 is 19.5 Å². The summed E-state index contributed by atoms with van der Waals surface area (Å²) in [5, 5.41) is 18.8. The summed E-state index contributed by atoms with van der Waals surface area (Å²) in [5.41, 5.74) is 1.42. The van der Waals surface area contributed by atoms with Crippen LogP contribution in [0.25, 0.3) is 0 Å². The van der Waals surface area contributed by atoms with Gasteiger partial charge in [0.25, 0.3) is 0 Å². The number of anilines is 1. The van der Waals surface area contributed by atoms with Crippen LogP contribution in [0.4, 0.5) is 5.69 Å². The van der Waals surface area contributed by atoms with Gasteiger partial charge in [0.1, 0.15) is 12.6 Å². The number of aryl methyl sites for hydroxylation is 1. The fraction of sp³-hybridized carbons (Fsp3) is 0.312. The number of carboxylic acid groups (broad SMARTS) is 1. The molecule has 0 radical (unpaired) electrons. The Morgan fingerprint density at radius 2 is 2.12 bits per heavy atom. The van der Waals surface area contributed by atoms with Crippen molar-refractivity contribution in [1.82, 2.24) is 19.9 Å². The lowest BCUT2D eigenvalue weighted by molar-refractivity contribution is -0.136. The van der Waals surface area contributed by atoms with Crippen molar-refractivity contribution >= 4 is 35.2 Å². The number of rotatable bonds is 5. The molecule has 1 aliphatic rings. The van der Waals surface area contributed by atoms with Gasteiger partial charge in [0.15, 0.2) is 5.69 Å². The van der Waals surface area contributed by atoms with Crippen LogP contribution in [0, 0.1) is 6.92 Å². The number of nitrogens with zero attached hydrogens (tertiary/aromatic N) is 4. The zero-order chi connectivity index (χ0) is 18.7. The first-order chi connectivity index (χ1) is 12.5. The Hall–Kier alpha value is -2.88. The molecule has 2 N–H and O–H groups in total. The number of para-hydroxylation sites is 1. The smallest absolute Gasteiger partial charge is 0.358 e. The fourth-order valence-electron chi connectivity index (χ4n) is 2.54. The van der Waals surface area contributed by atoms with Crippen molar-refractivity contribution in [3.63, 3.8) is 0 Å². The molecule has 1 saturated heterocycles. The number of carbonyl (C=O) groups is 3. The number of carbonyl (C=O) groups excluding carboxylic acids is 2. The van der Waals surface area contributed by atoms with Crippen molar-refractivity contribution in [3.8, 4) is 0 Å². The highest BCUT2D eigenvalue weighted by atomic mass is 32.2. The van der Waals surface area contributed by atoms with Gasteiger partial charge in [0, 0.05) is 11.4 Å². The lowest BCUT2D eigenvalue weighted by Crippen LogP contribution is -2.45. The second kappa shape index (κ2) is 7.56. The molecule has 0 aliphatic carbocycles. The van der Waals surface area contributed by atoms with Gasteiger partial charge in [-0.15, -0.1) is 16.9 Å². The Bertz CT molecular complexity index is 853. The Labute approximate surface area is 153 Å². The molecule has 136 valence electrons. The quantitative estimate of drug-likeness (QED) is 0.794. The van der Waals surface area contributed by atoms with Gasteiger partial charge in [-0.1, -0.05) is 23.4 Å². The van der Waals surface area contributed by atoms with Crippen molar-refractivity contribution in [2.45, 2.75) is 19.5 Å². The van der Waals surface area contributed by atoms with E-state index in [9.17, 15) is 14.4 Å². The molecule has 26 heavy (non-hydrogen) atoms. The first kappa shape index (κ1) is 17.9. The molecule has 1 aliphatic heterocycles. The van der Waals surface area contributed by atoms with E-state index < -0.39 is 12.0 Å². The van der Waals surface area contributed by atoms with Crippen LogP contribution in [0.1, 0.15) is 16.1 Å². The van der Waals surface area contributed by atoms with E-state index in [1.54, 1.807) is 0 Å². The minimum Gasteiger partial charge on any atom is -0.476 e. The normalized spacial score (nSPS) is 16.5. The van der Waals surface area contributed by atoms with Crippen LogP contribution in [0.15, 0.2) is 30.5 Å². The third-order valence-corrected chi connectivity index (χ3v) is 4.98. The number of aromatic carboxylic acids is 1. The summed E-state index contributed by atoms with van der Waals surface area (Å²) < 4.78 is 1.16. The molecule has 1 fully saturated rings. The van der Waals surface area contributed by atoms with Gasteiger partial charge >= 0.3 is 5.97 Å². The number of carboxylic acids is 1. The highest BCUT2D eigenvalue weighted by Gasteiger charge is 2.35. The zero-order valence-electron chi connectivity index (χ0n) is 14.0. The van der Waals surface area contributed by atoms with Crippen molar-refractivity contribution in [3.05, 3.63) is 41.7 Å². The van der Waals surface area contributed by atoms with E-state index in [0.29, 0.717) is 17.3 Å². The SMILES string of the molecule is Cc1ccccc1NC(=O)C1CSCN1C(=O)Cn1cc(C(=O)O)nn1. The molecule has 1 atom stereocenters. The molecule has 1 aromatic carbocycles. The maximum Gasteiger partial charge on any atom is 0.358 e. The third kappa shape index (κ3) is 3.85. The summed E-state index contributed by atoms with van der Waals surface area (Å²) in [6, 6.07) is 6.83. The minimum absolute atomic E-state index is 0.172. The second-order valence-corrected chi connectivity index (χ2v) is 6.79. The molecule has 10 heteroatoms. The first-order valence-corrected chi connectivity index (χ1v) is 8.98. The summed E-state index contributed by atoms with van der Waals surface area (Å²) >= 11 is 1.49. The van der Waals surface area contributed by atoms with Gasteiger partial charge < -0.3 is 15.3 Å². The molecule has 0 spiro atoms. The third-order valence-electron chi connectivity index (χ3n) is 3.96. The number of amides is 2. The molecular formula is C16H17N5O4S. The van der Waals surface area contributed by atoms with E-state index in [2.05, 4.69) is 15.6 Å². The number of hydrogen-bond donors (Lipinski definition) is 2. The van der Waals surface area contributed by atoms with Crippen molar-refractivity contribution in [2.24, 2.45) is 0 Å². The van der Waals surface area contributed by atoms with Gasteiger partial charge in [-0.3, -0.25) is 9.59 Å². The summed E-state index contributed by atoms with van der Waals surface area (Å²) in [4.78, 5) is 37.4. The second-order valence-electron chi connectivity index (χ2n) is 5.79. The predicted molar refractivity (Wildman–Crippen MR) is 94.7 cm³/mol. The Balaban J connectivity index is 1.66. The molecule has 0 saturated carbocycles. The molecule has 1 unspecified atom stereocenters. The molecular weight excluding hydrogens is 358 g/mol. The maximum atomic E-state index is 12.6. The first-order valence-electron chi connectivity index (χ1n) is 7.83. The van der Waals surface area contributed by atoms with Crippen molar-refractivity contribution in [1.29, 1.82) is 0 Å². The Kier molecular flexibility index (Phi) is 5.21. The van der Waals surface area contributed by atoms with E-state index in [1.807, 2.05) is 31.2 Å². The molecule has 2 aromatic rings. The van der Waals surface area contributed by atoms with E-state index in [1.165, 1.54) is 22.9 Å². The average molecular weight is 375 g/mol. The predicted octanol–water partition coefficient (Wildman–Crippen LogP) is 0.825. The van der Waals surface area contributed by atoms with E-state index in [-0.39, 0.29) is 24.1 Å². The summed E-state index contributed by atoms with van der Waals surface area (Å²) in [6.45, 7) is 1.72. The van der Waals surface area contributed by atoms with Crippen LogP contribution in [0.2, 0.25) is 0 Å². The summed E-state index contributed by atoms with van der Waals surface area (Å²) in [7, 11) is 0. The van der Waals surface area contributed by atoms with Gasteiger partial charge in [0.2, 0.25) is 11.8 Å². The molecule has 1 aromatic heterocycles. The molecule has 2 heterocycles. The van der Waals surface area contributed by atoms with E-state index in [4.69, 9.17) is 5.11 Å². The van der Waals surface area contributed by atoms with Crippen LogP contribution in [0.3, 0.4) is 0 Å². The summed E-state index contributed by atoms with van der Waals surface area (Å²) in [6.07, 6.45) is 1.19. The maximum absolute atomic E-state index is 12.6. The fourth-order valence-corrected chi connectivity index (χ4v) is 3.72. The Morgan fingerprint density at radius 3 is 2.81 bits per heavy atom. The number of aromatic nitrogens is 3. The Morgan fingerprint density at radius 1 is 1.35 bits per heavy atom. The topological polar surface area (TPSA) is 117 Å². The zero-order valence-corrected chi connectivity index (χ0v) is 14.8. The van der Waals surface area contributed by atoms with Gasteiger partial charge in [-0.05, 0) is 18.6 Å². The lowest BCUT2D eigenvalue weighted by Gasteiger charge is -2.23. The molecule has 3 rings (SSSR count). The highest BCUT2D eigenvalue weighted by Crippen LogP contribution is 2.23. The largest absolute Gasteiger partial charge is 0.476 e. The van der Waals surface area contributed by atoms with Crippen LogP contribution in [-0.2, 0) is 16.1 Å². The van der Waals surface area contributed by atoms with E-state index in [0.717, 1.165) is 10.2 Å². The number of nitrogens with one attached hydrogen (secondary N) is 1. The van der Waals surface area contributed by atoms with Gasteiger partial charge in [-0.2, -0.15) is 0 Å². The van der Waals surface area contributed by atoms with Crippen LogP contribution < -0.4 is 5.32 Å². The summed E-state index contributed by atoms with van der Waals surface area (Å²) in [5.74, 6) is -0.882. The highest BCUT2D eigenvalue weighted by molar-refractivity contribution is 7.99. The number of benzene rings is 1.